The number of benzene rings is 1. The molecule has 1 N–H and O–H groups in total. The van der Waals surface area contributed by atoms with E-state index in [1.165, 1.54) is 37.7 Å². The quantitative estimate of drug-likeness (QED) is 0.744. The van der Waals surface area contributed by atoms with Crippen molar-refractivity contribution >= 4 is 11.8 Å². The predicted octanol–water partition coefficient (Wildman–Crippen LogP) is 3.73. The molecule has 5 nitrogen and oxygen atoms in total. The van der Waals surface area contributed by atoms with Gasteiger partial charge in [-0.2, -0.15) is 0 Å². The number of hydrogen-bond acceptors (Lipinski definition) is 3. The Kier molecular flexibility index (Phi) is 6.77. The van der Waals surface area contributed by atoms with Crippen molar-refractivity contribution < 1.29 is 9.59 Å². The first-order chi connectivity index (χ1) is 14.6. The van der Waals surface area contributed by atoms with E-state index in [1.54, 1.807) is 0 Å². The third kappa shape index (κ3) is 4.41. The molecule has 3 fully saturated rings. The number of likely N-dealkylation sites (tertiary alicyclic amines) is 1. The van der Waals surface area contributed by atoms with E-state index in [9.17, 15) is 9.59 Å². The minimum Gasteiger partial charge on any atom is -0.342 e. The van der Waals surface area contributed by atoms with Crippen LogP contribution in [0.5, 0.6) is 0 Å². The number of nitrogens with one attached hydrogen (secondary N) is 1. The van der Waals surface area contributed by atoms with Crippen LogP contribution in [0.1, 0.15) is 70.3 Å². The molecule has 164 valence electrons. The summed E-state index contributed by atoms with van der Waals surface area (Å²) in [4.78, 5) is 31.3. The molecule has 1 aliphatic carbocycles. The highest BCUT2D eigenvalue weighted by Crippen LogP contribution is 2.35. The van der Waals surface area contributed by atoms with Gasteiger partial charge in [0.15, 0.2) is 0 Å². The SMILES string of the molecule is CCCCN1C(=O)[C@H](CC2CCCCC2)NC(=O)C12CCN(Cc1ccccc1)C2. The van der Waals surface area contributed by atoms with Crippen molar-refractivity contribution in [1.82, 2.24) is 15.1 Å². The molecule has 0 aromatic heterocycles. The molecule has 4 rings (SSSR count). The Balaban J connectivity index is 1.49. The van der Waals surface area contributed by atoms with Crippen LogP contribution in [0.25, 0.3) is 0 Å². The Morgan fingerprint density at radius 1 is 1.10 bits per heavy atom. The van der Waals surface area contributed by atoms with Crippen molar-refractivity contribution in [2.75, 3.05) is 19.6 Å². The Morgan fingerprint density at radius 2 is 1.87 bits per heavy atom. The Hall–Kier alpha value is -1.88. The van der Waals surface area contributed by atoms with E-state index in [4.69, 9.17) is 0 Å². The third-order valence-corrected chi connectivity index (χ3v) is 7.41. The maximum Gasteiger partial charge on any atom is 0.248 e. The number of rotatable bonds is 7. The van der Waals surface area contributed by atoms with E-state index in [-0.39, 0.29) is 17.9 Å². The second-order valence-electron chi connectivity index (χ2n) is 9.59. The van der Waals surface area contributed by atoms with Crippen LogP contribution in [0.15, 0.2) is 30.3 Å². The van der Waals surface area contributed by atoms with Gasteiger partial charge in [-0.1, -0.05) is 75.8 Å². The second-order valence-corrected chi connectivity index (χ2v) is 9.59. The molecule has 0 bridgehead atoms. The predicted molar refractivity (Wildman–Crippen MR) is 119 cm³/mol. The zero-order valence-corrected chi connectivity index (χ0v) is 18.4. The maximum atomic E-state index is 13.6. The normalized spacial score (nSPS) is 28.3. The molecule has 2 aliphatic heterocycles. The minimum atomic E-state index is -0.690. The van der Waals surface area contributed by atoms with Crippen molar-refractivity contribution in [2.24, 2.45) is 5.92 Å². The second kappa shape index (κ2) is 9.51. The first-order valence-corrected chi connectivity index (χ1v) is 12.0. The molecule has 1 spiro atoms. The molecule has 1 saturated carbocycles. The molecule has 2 heterocycles. The smallest absolute Gasteiger partial charge is 0.248 e. The van der Waals surface area contributed by atoms with Gasteiger partial charge in [0.05, 0.1) is 0 Å². The number of amides is 2. The average molecular weight is 412 g/mol. The van der Waals surface area contributed by atoms with Gasteiger partial charge in [0.1, 0.15) is 11.6 Å². The van der Waals surface area contributed by atoms with Gasteiger partial charge >= 0.3 is 0 Å². The van der Waals surface area contributed by atoms with Crippen molar-refractivity contribution in [3.63, 3.8) is 0 Å². The van der Waals surface area contributed by atoms with E-state index in [0.717, 1.165) is 38.8 Å². The number of nitrogens with zero attached hydrogens (tertiary/aromatic N) is 2. The Labute approximate surface area is 181 Å². The summed E-state index contributed by atoms with van der Waals surface area (Å²) in [5.74, 6) is 0.818. The zero-order chi connectivity index (χ0) is 21.0. The summed E-state index contributed by atoms with van der Waals surface area (Å²) in [5, 5.41) is 3.18. The van der Waals surface area contributed by atoms with E-state index >= 15 is 0 Å². The van der Waals surface area contributed by atoms with Gasteiger partial charge in [0.2, 0.25) is 11.8 Å². The van der Waals surface area contributed by atoms with Gasteiger partial charge in [0.25, 0.3) is 0 Å². The van der Waals surface area contributed by atoms with Gasteiger partial charge in [-0.3, -0.25) is 14.5 Å². The van der Waals surface area contributed by atoms with E-state index in [1.807, 2.05) is 11.0 Å². The van der Waals surface area contributed by atoms with Crippen LogP contribution in [0.3, 0.4) is 0 Å². The summed E-state index contributed by atoms with van der Waals surface area (Å²) in [6.45, 7) is 5.17. The fourth-order valence-electron chi connectivity index (χ4n) is 5.69. The number of hydrogen-bond donors (Lipinski definition) is 1. The summed E-state index contributed by atoms with van der Waals surface area (Å²) in [7, 11) is 0. The van der Waals surface area contributed by atoms with Crippen LogP contribution < -0.4 is 5.32 Å². The number of piperazine rings is 1. The third-order valence-electron chi connectivity index (χ3n) is 7.41. The first-order valence-electron chi connectivity index (χ1n) is 12.0. The lowest BCUT2D eigenvalue weighted by Gasteiger charge is -2.47. The number of carbonyl (C=O) groups excluding carboxylic acids is 2. The average Bonchev–Trinajstić information content (AvgIpc) is 3.18. The molecule has 5 heteroatoms. The Morgan fingerprint density at radius 3 is 2.60 bits per heavy atom. The summed E-state index contributed by atoms with van der Waals surface area (Å²) < 4.78 is 0. The molecule has 3 aliphatic rings. The maximum absolute atomic E-state index is 13.6. The fourth-order valence-corrected chi connectivity index (χ4v) is 5.69. The van der Waals surface area contributed by atoms with E-state index in [0.29, 0.717) is 19.0 Å². The zero-order valence-electron chi connectivity index (χ0n) is 18.4. The minimum absolute atomic E-state index is 0.0783. The molecule has 0 radical (unpaired) electrons. The molecule has 1 aromatic carbocycles. The largest absolute Gasteiger partial charge is 0.342 e. The summed E-state index contributed by atoms with van der Waals surface area (Å²) in [6.07, 6.45) is 9.76. The monoisotopic (exact) mass is 411 g/mol. The van der Waals surface area contributed by atoms with Gasteiger partial charge in [-0.05, 0) is 30.7 Å². The number of unbranched alkanes of at least 4 members (excludes halogenated alkanes) is 1. The van der Waals surface area contributed by atoms with Crippen LogP contribution in [0.4, 0.5) is 0 Å². The van der Waals surface area contributed by atoms with Crippen LogP contribution in [-0.2, 0) is 16.1 Å². The summed E-state index contributed by atoms with van der Waals surface area (Å²) in [5.41, 5.74) is 0.566. The fraction of sp³-hybridized carbons (Fsp3) is 0.680. The molecule has 2 amide bonds. The molecular formula is C25H37N3O2. The summed E-state index contributed by atoms with van der Waals surface area (Å²) in [6, 6.07) is 10.1. The van der Waals surface area contributed by atoms with Crippen molar-refractivity contribution in [2.45, 2.75) is 82.8 Å². The van der Waals surface area contributed by atoms with Gasteiger partial charge < -0.3 is 10.2 Å². The summed E-state index contributed by atoms with van der Waals surface area (Å²) >= 11 is 0. The Bertz CT molecular complexity index is 731. The van der Waals surface area contributed by atoms with Crippen LogP contribution in [-0.4, -0.2) is 52.8 Å². The van der Waals surface area contributed by atoms with Crippen molar-refractivity contribution in [3.05, 3.63) is 35.9 Å². The topological polar surface area (TPSA) is 52.7 Å². The first kappa shape index (κ1) is 21.4. The lowest BCUT2D eigenvalue weighted by molar-refractivity contribution is -0.157. The highest BCUT2D eigenvalue weighted by Gasteiger charge is 2.55. The molecule has 30 heavy (non-hydrogen) atoms. The van der Waals surface area contributed by atoms with Crippen LogP contribution >= 0.6 is 0 Å². The van der Waals surface area contributed by atoms with E-state index in [2.05, 4.69) is 41.4 Å². The standard InChI is InChI=1S/C25H37N3O2/c1-2-3-15-28-23(29)22(17-20-10-6-4-7-11-20)26-24(30)25(28)14-16-27(19-25)18-21-12-8-5-9-13-21/h5,8-9,12-13,20,22H,2-4,6-7,10-11,14-19H2,1H3,(H,26,30)/t22-,25?/m0/s1. The van der Waals surface area contributed by atoms with Crippen molar-refractivity contribution in [1.29, 1.82) is 0 Å². The van der Waals surface area contributed by atoms with Crippen LogP contribution in [0.2, 0.25) is 0 Å². The lowest BCUT2D eigenvalue weighted by atomic mass is 9.82. The molecule has 1 unspecified atom stereocenters. The van der Waals surface area contributed by atoms with Gasteiger partial charge in [-0.25, -0.2) is 0 Å². The molecule has 2 atom stereocenters. The van der Waals surface area contributed by atoms with Crippen molar-refractivity contribution in [3.8, 4) is 0 Å². The lowest BCUT2D eigenvalue weighted by Crippen LogP contribution is -2.71. The number of carbonyl (C=O) groups is 2. The van der Waals surface area contributed by atoms with Gasteiger partial charge in [-0.15, -0.1) is 0 Å². The van der Waals surface area contributed by atoms with Crippen LogP contribution in [0, 0.1) is 5.92 Å². The molecular weight excluding hydrogens is 374 g/mol. The highest BCUT2D eigenvalue weighted by atomic mass is 16.2. The van der Waals surface area contributed by atoms with Gasteiger partial charge in [0, 0.05) is 26.2 Å². The molecule has 2 saturated heterocycles. The molecule has 1 aromatic rings. The highest BCUT2D eigenvalue weighted by molar-refractivity contribution is 6.00. The van der Waals surface area contributed by atoms with E-state index < -0.39 is 5.54 Å².